The molecular formula is C19H21N5O. The fraction of sp³-hybridized carbons (Fsp3) is 0.263. The van der Waals surface area contributed by atoms with Crippen LogP contribution in [-0.2, 0) is 17.8 Å². The first-order valence-electron chi connectivity index (χ1n) is 8.37. The molecule has 1 amide bonds. The summed E-state index contributed by atoms with van der Waals surface area (Å²) in [5.41, 5.74) is 2.15. The Labute approximate surface area is 146 Å². The summed E-state index contributed by atoms with van der Waals surface area (Å²) in [6.45, 7) is 2.07. The van der Waals surface area contributed by atoms with Crippen LogP contribution in [0.3, 0.4) is 0 Å². The predicted molar refractivity (Wildman–Crippen MR) is 95.6 cm³/mol. The van der Waals surface area contributed by atoms with Gasteiger partial charge in [-0.15, -0.1) is 10.2 Å². The molecule has 2 aromatic carbocycles. The van der Waals surface area contributed by atoms with Crippen LogP contribution in [0.4, 0.5) is 0 Å². The monoisotopic (exact) mass is 335 g/mol. The van der Waals surface area contributed by atoms with Crippen molar-refractivity contribution in [2.75, 3.05) is 0 Å². The molecule has 1 atom stereocenters. The van der Waals surface area contributed by atoms with Crippen molar-refractivity contribution in [3.8, 4) is 11.4 Å². The highest BCUT2D eigenvalue weighted by Crippen LogP contribution is 2.11. The molecule has 3 aromatic rings. The van der Waals surface area contributed by atoms with Crippen LogP contribution in [0.15, 0.2) is 60.7 Å². The van der Waals surface area contributed by atoms with E-state index in [-0.39, 0.29) is 18.5 Å². The fourth-order valence-corrected chi connectivity index (χ4v) is 2.56. The van der Waals surface area contributed by atoms with Crippen LogP contribution in [0.25, 0.3) is 11.4 Å². The highest BCUT2D eigenvalue weighted by Gasteiger charge is 2.11. The van der Waals surface area contributed by atoms with Gasteiger partial charge >= 0.3 is 0 Å². The Kier molecular flexibility index (Phi) is 5.51. The lowest BCUT2D eigenvalue weighted by atomic mass is 10.1. The number of amides is 1. The number of hydrogen-bond acceptors (Lipinski definition) is 4. The Balaban J connectivity index is 1.48. The maximum absolute atomic E-state index is 12.1. The van der Waals surface area contributed by atoms with E-state index in [1.807, 2.05) is 55.5 Å². The van der Waals surface area contributed by atoms with Crippen molar-refractivity contribution in [3.63, 3.8) is 0 Å². The summed E-state index contributed by atoms with van der Waals surface area (Å²) < 4.78 is 0. The zero-order valence-electron chi connectivity index (χ0n) is 14.2. The predicted octanol–water partition coefficient (Wildman–Crippen LogP) is 2.48. The summed E-state index contributed by atoms with van der Waals surface area (Å²) >= 11 is 0. The zero-order chi connectivity index (χ0) is 17.5. The molecule has 0 saturated heterocycles. The van der Waals surface area contributed by atoms with Gasteiger partial charge in [-0.05, 0) is 30.5 Å². The minimum Gasteiger partial charge on any atom is -0.352 e. The second-order valence-electron chi connectivity index (χ2n) is 6.00. The van der Waals surface area contributed by atoms with E-state index < -0.39 is 0 Å². The van der Waals surface area contributed by atoms with E-state index in [1.54, 1.807) is 0 Å². The molecule has 1 unspecified atom stereocenters. The third kappa shape index (κ3) is 4.97. The van der Waals surface area contributed by atoms with Crippen LogP contribution in [0.5, 0.6) is 0 Å². The molecule has 1 N–H and O–H groups in total. The Bertz CT molecular complexity index is 801. The van der Waals surface area contributed by atoms with Crippen LogP contribution in [0, 0.1) is 0 Å². The molecule has 6 nitrogen and oxygen atoms in total. The number of aromatic nitrogens is 4. The zero-order valence-corrected chi connectivity index (χ0v) is 14.2. The first kappa shape index (κ1) is 16.8. The van der Waals surface area contributed by atoms with Crippen molar-refractivity contribution in [2.24, 2.45) is 0 Å². The fourth-order valence-electron chi connectivity index (χ4n) is 2.56. The Morgan fingerprint density at radius 2 is 1.76 bits per heavy atom. The van der Waals surface area contributed by atoms with Crippen molar-refractivity contribution in [1.82, 2.24) is 25.5 Å². The van der Waals surface area contributed by atoms with Crippen LogP contribution >= 0.6 is 0 Å². The first-order chi connectivity index (χ1) is 12.2. The highest BCUT2D eigenvalue weighted by molar-refractivity contribution is 5.75. The number of tetrazole rings is 1. The number of nitrogens with zero attached hydrogens (tertiary/aromatic N) is 4. The number of benzene rings is 2. The summed E-state index contributed by atoms with van der Waals surface area (Å²) in [6, 6.07) is 19.9. The van der Waals surface area contributed by atoms with Gasteiger partial charge in [0, 0.05) is 11.6 Å². The summed E-state index contributed by atoms with van der Waals surface area (Å²) in [6.07, 6.45) is 1.82. The van der Waals surface area contributed by atoms with Gasteiger partial charge in [0.25, 0.3) is 0 Å². The summed E-state index contributed by atoms with van der Waals surface area (Å²) in [5, 5.41) is 15.2. The second-order valence-corrected chi connectivity index (χ2v) is 6.00. The normalized spacial score (nSPS) is 11.9. The molecule has 1 heterocycles. The molecular weight excluding hydrogens is 314 g/mol. The van der Waals surface area contributed by atoms with Crippen LogP contribution in [0.1, 0.15) is 18.9 Å². The SMILES string of the molecule is CC(CCc1ccccc1)NC(=O)Cn1nnc(-c2ccccc2)n1. The molecule has 128 valence electrons. The molecule has 3 rings (SSSR count). The van der Waals surface area contributed by atoms with E-state index in [9.17, 15) is 4.79 Å². The number of rotatable bonds is 7. The Morgan fingerprint density at radius 3 is 2.48 bits per heavy atom. The minimum absolute atomic E-state index is 0.0650. The van der Waals surface area contributed by atoms with Gasteiger partial charge in [0.05, 0.1) is 0 Å². The molecule has 0 spiro atoms. The molecule has 0 fully saturated rings. The highest BCUT2D eigenvalue weighted by atomic mass is 16.2. The van der Waals surface area contributed by atoms with Gasteiger partial charge in [-0.1, -0.05) is 60.7 Å². The molecule has 0 radical (unpaired) electrons. The van der Waals surface area contributed by atoms with Crippen molar-refractivity contribution < 1.29 is 4.79 Å². The smallest absolute Gasteiger partial charge is 0.243 e. The Hall–Kier alpha value is -3.02. The largest absolute Gasteiger partial charge is 0.352 e. The molecule has 6 heteroatoms. The van der Waals surface area contributed by atoms with Gasteiger partial charge in [-0.25, -0.2) is 0 Å². The first-order valence-corrected chi connectivity index (χ1v) is 8.37. The van der Waals surface area contributed by atoms with Crippen LogP contribution < -0.4 is 5.32 Å². The maximum atomic E-state index is 12.1. The van der Waals surface area contributed by atoms with Gasteiger partial charge in [0.1, 0.15) is 6.54 Å². The van der Waals surface area contributed by atoms with E-state index in [0.29, 0.717) is 5.82 Å². The minimum atomic E-state index is -0.113. The lowest BCUT2D eigenvalue weighted by Crippen LogP contribution is -2.35. The van der Waals surface area contributed by atoms with Crippen molar-refractivity contribution in [2.45, 2.75) is 32.4 Å². The summed E-state index contributed by atoms with van der Waals surface area (Å²) in [4.78, 5) is 13.5. The van der Waals surface area contributed by atoms with Crippen molar-refractivity contribution in [1.29, 1.82) is 0 Å². The number of nitrogens with one attached hydrogen (secondary N) is 1. The van der Waals surface area contributed by atoms with Gasteiger partial charge in [0.2, 0.25) is 11.7 Å². The van der Waals surface area contributed by atoms with Crippen molar-refractivity contribution in [3.05, 3.63) is 66.2 Å². The second kappa shape index (κ2) is 8.19. The van der Waals surface area contributed by atoms with Crippen LogP contribution in [-0.4, -0.2) is 32.2 Å². The number of aryl methyl sites for hydroxylation is 1. The molecule has 25 heavy (non-hydrogen) atoms. The van der Waals surface area contributed by atoms with Gasteiger partial charge < -0.3 is 5.32 Å². The number of carbonyl (C=O) groups is 1. The van der Waals surface area contributed by atoms with E-state index >= 15 is 0 Å². The van der Waals surface area contributed by atoms with E-state index in [2.05, 4.69) is 32.9 Å². The van der Waals surface area contributed by atoms with Gasteiger partial charge in [-0.2, -0.15) is 4.80 Å². The standard InChI is InChI=1S/C19H21N5O/c1-15(12-13-16-8-4-2-5-9-16)20-18(25)14-24-22-19(21-23-24)17-10-6-3-7-11-17/h2-11,15H,12-14H2,1H3,(H,20,25). The van der Waals surface area contributed by atoms with Gasteiger partial charge in [-0.3, -0.25) is 4.79 Å². The lowest BCUT2D eigenvalue weighted by Gasteiger charge is -2.13. The average molecular weight is 335 g/mol. The quantitative estimate of drug-likeness (QED) is 0.720. The third-order valence-electron chi connectivity index (χ3n) is 3.89. The molecule has 0 aliphatic carbocycles. The maximum Gasteiger partial charge on any atom is 0.243 e. The molecule has 0 bridgehead atoms. The number of carbonyl (C=O) groups excluding carboxylic acids is 1. The Morgan fingerprint density at radius 1 is 1.08 bits per heavy atom. The number of hydrogen-bond donors (Lipinski definition) is 1. The molecule has 0 saturated carbocycles. The topological polar surface area (TPSA) is 72.7 Å². The summed E-state index contributed by atoms with van der Waals surface area (Å²) in [7, 11) is 0. The molecule has 0 aliphatic heterocycles. The lowest BCUT2D eigenvalue weighted by molar-refractivity contribution is -0.122. The average Bonchev–Trinajstić information content (AvgIpc) is 3.10. The molecule has 1 aromatic heterocycles. The van der Waals surface area contributed by atoms with E-state index in [0.717, 1.165) is 18.4 Å². The van der Waals surface area contributed by atoms with E-state index in [1.165, 1.54) is 10.4 Å². The summed E-state index contributed by atoms with van der Waals surface area (Å²) in [5.74, 6) is 0.406. The van der Waals surface area contributed by atoms with Crippen molar-refractivity contribution >= 4 is 5.91 Å². The third-order valence-corrected chi connectivity index (χ3v) is 3.89. The van der Waals surface area contributed by atoms with Gasteiger partial charge in [0.15, 0.2) is 0 Å². The van der Waals surface area contributed by atoms with E-state index in [4.69, 9.17) is 0 Å². The molecule has 0 aliphatic rings. The van der Waals surface area contributed by atoms with Crippen LogP contribution in [0.2, 0.25) is 0 Å².